The first-order chi connectivity index (χ1) is 12.6. The van der Waals surface area contributed by atoms with Gasteiger partial charge in [-0.25, -0.2) is 4.57 Å². The number of carbonyl (C=O) groups is 1. The number of imidazole rings is 1. The van der Waals surface area contributed by atoms with Gasteiger partial charge in [0.25, 0.3) is 0 Å². The Balaban J connectivity index is 1.73. The summed E-state index contributed by atoms with van der Waals surface area (Å²) in [5, 5.41) is 11.1. The number of rotatable bonds is 6. The van der Waals surface area contributed by atoms with E-state index in [0.29, 0.717) is 13.2 Å². The average Bonchev–Trinajstić information content (AvgIpc) is 3.11. The number of ether oxygens (including phenoxy) is 1. The summed E-state index contributed by atoms with van der Waals surface area (Å²) in [6.07, 6.45) is 4.55. The van der Waals surface area contributed by atoms with Crippen LogP contribution in [0.4, 0.5) is 11.6 Å². The molecule has 0 aliphatic carbocycles. The summed E-state index contributed by atoms with van der Waals surface area (Å²) in [5.41, 5.74) is 2.03. The highest BCUT2D eigenvalue weighted by atomic mass is 16.6. The lowest BCUT2D eigenvalue weighted by Crippen LogP contribution is -2.37. The molecule has 1 aliphatic rings. The van der Waals surface area contributed by atoms with Crippen LogP contribution in [0.25, 0.3) is 0 Å². The van der Waals surface area contributed by atoms with Crippen LogP contribution in [0.1, 0.15) is 25.3 Å². The van der Waals surface area contributed by atoms with Gasteiger partial charge < -0.3 is 19.8 Å². The molecule has 26 heavy (non-hydrogen) atoms. The van der Waals surface area contributed by atoms with Gasteiger partial charge in [0.05, 0.1) is 19.1 Å². The molecule has 2 heterocycles. The van der Waals surface area contributed by atoms with E-state index in [4.69, 9.17) is 4.74 Å². The normalized spacial score (nSPS) is 15.0. The fourth-order valence-corrected chi connectivity index (χ4v) is 3.35. The fraction of sp³-hybridized carbons (Fsp3) is 0.444. The zero-order valence-electron chi connectivity index (χ0n) is 14.7. The van der Waals surface area contributed by atoms with Crippen LogP contribution in [0.5, 0.6) is 0 Å². The second-order valence-electron chi connectivity index (χ2n) is 6.25. The molecule has 3 rings (SSSR count). The van der Waals surface area contributed by atoms with Gasteiger partial charge in [-0.2, -0.15) is 0 Å². The van der Waals surface area contributed by atoms with E-state index < -0.39 is 4.92 Å². The van der Waals surface area contributed by atoms with Crippen molar-refractivity contribution in [2.24, 2.45) is 5.92 Å². The van der Waals surface area contributed by atoms with Crippen LogP contribution >= 0.6 is 0 Å². The molecule has 0 amide bonds. The van der Waals surface area contributed by atoms with Crippen LogP contribution in [0.2, 0.25) is 0 Å². The Morgan fingerprint density at radius 1 is 1.35 bits per heavy atom. The van der Waals surface area contributed by atoms with Gasteiger partial charge in [-0.05, 0) is 30.8 Å². The number of benzene rings is 1. The third-order valence-electron chi connectivity index (χ3n) is 4.64. The zero-order chi connectivity index (χ0) is 18.5. The molecule has 138 valence electrons. The van der Waals surface area contributed by atoms with Crippen LogP contribution in [-0.4, -0.2) is 40.1 Å². The van der Waals surface area contributed by atoms with E-state index >= 15 is 0 Å². The molecule has 1 aliphatic heterocycles. The standard InChI is InChI=1S/C18H22N4O4/c1-2-26-17(23)14-7-10-20(11-8-14)16-6-4-3-5-15(16)13-21-12-9-19-18(21)22(24)25/h3-6,9,12,14H,2,7-8,10-11,13H2,1H3. The number of esters is 1. The predicted octanol–water partition coefficient (Wildman–Crippen LogP) is 2.62. The highest BCUT2D eigenvalue weighted by Crippen LogP contribution is 2.28. The topological polar surface area (TPSA) is 90.5 Å². The van der Waals surface area contributed by atoms with Crippen LogP contribution in [0.3, 0.4) is 0 Å². The third-order valence-corrected chi connectivity index (χ3v) is 4.64. The number of hydrogen-bond donors (Lipinski definition) is 0. The molecule has 1 fully saturated rings. The summed E-state index contributed by atoms with van der Waals surface area (Å²) in [7, 11) is 0. The molecular weight excluding hydrogens is 336 g/mol. The van der Waals surface area contributed by atoms with Gasteiger partial charge in [-0.15, -0.1) is 0 Å². The predicted molar refractivity (Wildman–Crippen MR) is 96.0 cm³/mol. The van der Waals surface area contributed by atoms with E-state index in [1.807, 2.05) is 31.2 Å². The SMILES string of the molecule is CCOC(=O)C1CCN(c2ccccc2Cn2ccnc2[N+](=O)[O-])CC1. The molecule has 0 atom stereocenters. The lowest BCUT2D eigenvalue weighted by molar-refractivity contribution is -0.396. The number of anilines is 1. The molecular formula is C18H22N4O4. The summed E-state index contributed by atoms with van der Waals surface area (Å²) in [6.45, 7) is 4.12. The second kappa shape index (κ2) is 7.99. The monoisotopic (exact) mass is 358 g/mol. The molecule has 1 aromatic heterocycles. The quantitative estimate of drug-likeness (QED) is 0.448. The minimum Gasteiger partial charge on any atom is -0.466 e. The van der Waals surface area contributed by atoms with Crippen molar-refractivity contribution in [1.29, 1.82) is 0 Å². The molecule has 1 aromatic carbocycles. The Hall–Kier alpha value is -2.90. The summed E-state index contributed by atoms with van der Waals surface area (Å²) in [6, 6.07) is 7.87. The van der Waals surface area contributed by atoms with E-state index in [-0.39, 0.29) is 17.8 Å². The molecule has 2 aromatic rings. The van der Waals surface area contributed by atoms with Crippen LogP contribution in [-0.2, 0) is 16.1 Å². The van der Waals surface area contributed by atoms with Crippen LogP contribution in [0.15, 0.2) is 36.7 Å². The van der Waals surface area contributed by atoms with Crippen molar-refractivity contribution in [3.8, 4) is 0 Å². The van der Waals surface area contributed by atoms with Gasteiger partial charge in [0.15, 0.2) is 0 Å². The summed E-state index contributed by atoms with van der Waals surface area (Å²) in [5.74, 6) is -0.330. The molecule has 1 saturated heterocycles. The molecule has 8 heteroatoms. The first-order valence-corrected chi connectivity index (χ1v) is 8.75. The lowest BCUT2D eigenvalue weighted by Gasteiger charge is -2.33. The van der Waals surface area contributed by atoms with Crippen molar-refractivity contribution in [2.75, 3.05) is 24.6 Å². The maximum absolute atomic E-state index is 11.9. The van der Waals surface area contributed by atoms with Crippen molar-refractivity contribution >= 4 is 17.6 Å². The minimum atomic E-state index is -0.479. The zero-order valence-corrected chi connectivity index (χ0v) is 14.7. The fourth-order valence-electron chi connectivity index (χ4n) is 3.35. The molecule has 8 nitrogen and oxygen atoms in total. The Morgan fingerprint density at radius 3 is 2.77 bits per heavy atom. The van der Waals surface area contributed by atoms with Crippen molar-refractivity contribution in [2.45, 2.75) is 26.3 Å². The smallest absolute Gasteiger partial charge is 0.434 e. The largest absolute Gasteiger partial charge is 0.466 e. The van der Waals surface area contributed by atoms with E-state index in [1.165, 1.54) is 10.8 Å². The van der Waals surface area contributed by atoms with Gasteiger partial charge in [-0.1, -0.05) is 23.2 Å². The van der Waals surface area contributed by atoms with Crippen molar-refractivity contribution in [3.63, 3.8) is 0 Å². The number of nitrogens with zero attached hydrogens (tertiary/aromatic N) is 4. The van der Waals surface area contributed by atoms with E-state index in [1.54, 1.807) is 6.20 Å². The Kier molecular flexibility index (Phi) is 5.50. The number of nitro groups is 1. The van der Waals surface area contributed by atoms with Crippen molar-refractivity contribution < 1.29 is 14.5 Å². The van der Waals surface area contributed by atoms with E-state index in [9.17, 15) is 14.9 Å². The van der Waals surface area contributed by atoms with E-state index in [2.05, 4.69) is 9.88 Å². The second-order valence-corrected chi connectivity index (χ2v) is 6.25. The van der Waals surface area contributed by atoms with Crippen LogP contribution < -0.4 is 4.90 Å². The summed E-state index contributed by atoms with van der Waals surface area (Å²) in [4.78, 5) is 28.5. The molecule has 0 radical (unpaired) electrons. The maximum Gasteiger partial charge on any atom is 0.434 e. The first-order valence-electron chi connectivity index (χ1n) is 8.75. The molecule has 0 spiro atoms. The molecule has 0 N–H and O–H groups in total. The average molecular weight is 358 g/mol. The Bertz CT molecular complexity index is 781. The van der Waals surface area contributed by atoms with Crippen molar-refractivity contribution in [1.82, 2.24) is 9.55 Å². The van der Waals surface area contributed by atoms with Crippen LogP contribution in [0, 0.1) is 16.0 Å². The molecule has 0 saturated carbocycles. The van der Waals surface area contributed by atoms with Gasteiger partial charge in [0.1, 0.15) is 12.4 Å². The summed E-state index contributed by atoms with van der Waals surface area (Å²) >= 11 is 0. The number of para-hydroxylation sites is 1. The molecule has 0 bridgehead atoms. The highest BCUT2D eigenvalue weighted by molar-refractivity contribution is 5.73. The first kappa shape index (κ1) is 17.9. The minimum absolute atomic E-state index is 0.0481. The number of piperidine rings is 1. The van der Waals surface area contributed by atoms with Gasteiger partial charge >= 0.3 is 11.9 Å². The Morgan fingerprint density at radius 2 is 2.08 bits per heavy atom. The maximum atomic E-state index is 11.9. The third kappa shape index (κ3) is 3.84. The van der Waals surface area contributed by atoms with Gasteiger partial charge in [0, 0.05) is 24.3 Å². The van der Waals surface area contributed by atoms with Gasteiger partial charge in [-0.3, -0.25) is 4.79 Å². The molecule has 0 unspecified atom stereocenters. The number of aromatic nitrogens is 2. The number of hydrogen-bond acceptors (Lipinski definition) is 6. The highest BCUT2D eigenvalue weighted by Gasteiger charge is 2.27. The number of carbonyl (C=O) groups excluding carboxylic acids is 1. The van der Waals surface area contributed by atoms with Crippen molar-refractivity contribution in [3.05, 3.63) is 52.3 Å². The summed E-state index contributed by atoms with van der Waals surface area (Å²) < 4.78 is 6.65. The lowest BCUT2D eigenvalue weighted by atomic mass is 9.96. The van der Waals surface area contributed by atoms with E-state index in [0.717, 1.165) is 37.2 Å². The Labute approximate surface area is 151 Å². The van der Waals surface area contributed by atoms with Gasteiger partial charge in [0.2, 0.25) is 0 Å².